The number of aliphatic hydroxyl groups excluding tert-OH is 1. The van der Waals surface area contributed by atoms with Gasteiger partial charge in [-0.3, -0.25) is 4.79 Å². The minimum atomic E-state index is -1.06. The Morgan fingerprint density at radius 3 is 2.71 bits per heavy atom. The van der Waals surface area contributed by atoms with Crippen molar-refractivity contribution in [3.05, 3.63) is 22.2 Å². The smallest absolute Gasteiger partial charge is 0.257 e. The number of unbranched alkanes of at least 4 members (excludes halogenated alkanes) is 2. The fourth-order valence-corrected chi connectivity index (χ4v) is 3.25. The molecule has 21 heavy (non-hydrogen) atoms. The van der Waals surface area contributed by atoms with Crippen LogP contribution in [0.2, 0.25) is 0 Å². The van der Waals surface area contributed by atoms with E-state index in [-0.39, 0.29) is 5.91 Å². The molecule has 1 atom stereocenters. The third-order valence-corrected chi connectivity index (χ3v) is 4.49. The van der Waals surface area contributed by atoms with Crippen molar-refractivity contribution >= 4 is 33.2 Å². The monoisotopic (exact) mass is 354 g/mol. The van der Waals surface area contributed by atoms with Crippen molar-refractivity contribution < 1.29 is 9.90 Å². The molecule has 116 valence electrons. The lowest BCUT2D eigenvalue weighted by Crippen LogP contribution is -2.32. The Morgan fingerprint density at radius 2 is 2.10 bits per heavy atom. The number of fused-ring (bicyclic) bond motifs is 1. The summed E-state index contributed by atoms with van der Waals surface area (Å²) in [7, 11) is 0. The topological polar surface area (TPSA) is 52.6 Å². The molecule has 1 aromatic carbocycles. The average molecular weight is 355 g/mol. The number of carbonyl (C=O) groups excluding carboxylic acids is 1. The molecule has 2 rings (SSSR count). The van der Waals surface area contributed by atoms with Crippen molar-refractivity contribution in [2.24, 2.45) is 0 Å². The maximum atomic E-state index is 11.6. The number of anilines is 2. The van der Waals surface area contributed by atoms with Crippen LogP contribution < -0.4 is 10.2 Å². The van der Waals surface area contributed by atoms with E-state index in [1.165, 1.54) is 12.8 Å². The van der Waals surface area contributed by atoms with Crippen LogP contribution in [0.1, 0.15) is 51.7 Å². The highest BCUT2D eigenvalue weighted by molar-refractivity contribution is 9.10. The quantitative estimate of drug-likeness (QED) is 0.763. The molecule has 1 aliphatic heterocycles. The Bertz CT molecular complexity index is 531. The second-order valence-corrected chi connectivity index (χ2v) is 6.63. The van der Waals surface area contributed by atoms with Gasteiger partial charge in [0.1, 0.15) is 0 Å². The van der Waals surface area contributed by atoms with Gasteiger partial charge in [-0.15, -0.1) is 0 Å². The number of benzene rings is 1. The molecule has 1 amide bonds. The fraction of sp³-hybridized carbons (Fsp3) is 0.562. The molecule has 0 radical (unpaired) electrons. The summed E-state index contributed by atoms with van der Waals surface area (Å²) >= 11 is 3.58. The summed E-state index contributed by atoms with van der Waals surface area (Å²) in [5.74, 6) is -0.351. The molecule has 0 aliphatic carbocycles. The lowest BCUT2D eigenvalue weighted by molar-refractivity contribution is -0.123. The van der Waals surface area contributed by atoms with Gasteiger partial charge in [0.25, 0.3) is 5.91 Å². The van der Waals surface area contributed by atoms with Gasteiger partial charge in [0.2, 0.25) is 0 Å². The second kappa shape index (κ2) is 6.79. The van der Waals surface area contributed by atoms with E-state index in [2.05, 4.69) is 46.9 Å². The molecule has 1 unspecified atom stereocenters. The molecule has 4 nitrogen and oxygen atoms in total. The van der Waals surface area contributed by atoms with Gasteiger partial charge in [0.05, 0.1) is 5.69 Å². The number of aliphatic hydroxyl groups is 1. The van der Waals surface area contributed by atoms with Gasteiger partial charge in [-0.1, -0.05) is 19.8 Å². The number of nitrogens with zero attached hydrogens (tertiary/aromatic N) is 1. The number of nitrogens with one attached hydrogen (secondary N) is 1. The molecule has 0 aromatic heterocycles. The molecule has 1 heterocycles. The van der Waals surface area contributed by atoms with E-state index in [1.807, 2.05) is 12.1 Å². The van der Waals surface area contributed by atoms with Crippen LogP contribution in [0.3, 0.4) is 0 Å². The van der Waals surface area contributed by atoms with Crippen molar-refractivity contribution in [1.29, 1.82) is 0 Å². The Labute approximate surface area is 134 Å². The first-order chi connectivity index (χ1) is 9.95. The maximum Gasteiger partial charge on any atom is 0.257 e. The first-order valence-corrected chi connectivity index (χ1v) is 8.34. The fourth-order valence-electron chi connectivity index (χ4n) is 2.66. The summed E-state index contributed by atoms with van der Waals surface area (Å²) in [6.07, 6.45) is 2.49. The highest BCUT2D eigenvalue weighted by Gasteiger charge is 2.30. The summed E-state index contributed by atoms with van der Waals surface area (Å²) < 4.78 is 0.919. The molecule has 0 saturated heterocycles. The Kier molecular flexibility index (Phi) is 5.27. The van der Waals surface area contributed by atoms with Crippen molar-refractivity contribution in [2.45, 2.75) is 52.2 Å². The minimum Gasteiger partial charge on any atom is -0.378 e. The van der Waals surface area contributed by atoms with Gasteiger partial charge in [0, 0.05) is 28.3 Å². The van der Waals surface area contributed by atoms with Crippen molar-refractivity contribution in [2.75, 3.05) is 16.8 Å². The standard InChI is InChI=1S/C16H23BrN2O2/c1-4-5-6-7-19(10(2)3)14-9-13-11(8-12(14)17)15(20)16(21)18-13/h8-10,15,20H,4-7H2,1-3H3,(H,18,21). The summed E-state index contributed by atoms with van der Waals surface area (Å²) in [6.45, 7) is 7.51. The third kappa shape index (κ3) is 3.40. The molecular weight excluding hydrogens is 332 g/mol. The van der Waals surface area contributed by atoms with Gasteiger partial charge in [-0.2, -0.15) is 0 Å². The lowest BCUT2D eigenvalue weighted by Gasteiger charge is -2.30. The van der Waals surface area contributed by atoms with Crippen LogP contribution in [-0.4, -0.2) is 23.6 Å². The summed E-state index contributed by atoms with van der Waals surface area (Å²) in [5, 5.41) is 12.6. The predicted octanol–water partition coefficient (Wildman–Crippen LogP) is 3.84. The van der Waals surface area contributed by atoms with Crippen LogP contribution >= 0.6 is 15.9 Å². The minimum absolute atomic E-state index is 0.351. The number of halogens is 1. The number of hydrogen-bond acceptors (Lipinski definition) is 3. The first kappa shape index (κ1) is 16.3. The van der Waals surface area contributed by atoms with Crippen molar-refractivity contribution in [3.8, 4) is 0 Å². The number of amides is 1. The molecule has 0 saturated carbocycles. The van der Waals surface area contributed by atoms with Crippen molar-refractivity contribution in [1.82, 2.24) is 0 Å². The SMILES string of the molecule is CCCCCN(c1cc2c(cc1Br)C(O)C(=O)N2)C(C)C. The zero-order valence-corrected chi connectivity index (χ0v) is 14.4. The van der Waals surface area contributed by atoms with Crippen LogP contribution in [0.5, 0.6) is 0 Å². The number of carbonyl (C=O) groups is 1. The molecule has 5 heteroatoms. The van der Waals surface area contributed by atoms with E-state index in [0.717, 1.165) is 23.1 Å². The molecule has 1 aromatic rings. The van der Waals surface area contributed by atoms with Crippen LogP contribution in [0.4, 0.5) is 11.4 Å². The highest BCUT2D eigenvalue weighted by Crippen LogP contribution is 2.39. The van der Waals surface area contributed by atoms with Crippen LogP contribution in [0.25, 0.3) is 0 Å². The van der Waals surface area contributed by atoms with Gasteiger partial charge in [-0.25, -0.2) is 0 Å². The van der Waals surface area contributed by atoms with E-state index in [4.69, 9.17) is 0 Å². The Hall–Kier alpha value is -1.07. The summed E-state index contributed by atoms with van der Waals surface area (Å²) in [4.78, 5) is 13.9. The first-order valence-electron chi connectivity index (χ1n) is 7.54. The van der Waals surface area contributed by atoms with Gasteiger partial charge in [-0.05, 0) is 48.3 Å². The molecule has 0 spiro atoms. The molecular formula is C16H23BrN2O2. The van der Waals surface area contributed by atoms with Gasteiger partial charge < -0.3 is 15.3 Å². The van der Waals surface area contributed by atoms with E-state index in [0.29, 0.717) is 17.3 Å². The number of hydrogen-bond donors (Lipinski definition) is 2. The zero-order valence-electron chi connectivity index (χ0n) is 12.8. The maximum absolute atomic E-state index is 11.6. The zero-order chi connectivity index (χ0) is 15.6. The van der Waals surface area contributed by atoms with Crippen LogP contribution in [-0.2, 0) is 4.79 Å². The van der Waals surface area contributed by atoms with E-state index >= 15 is 0 Å². The summed E-state index contributed by atoms with van der Waals surface area (Å²) in [6, 6.07) is 4.18. The third-order valence-electron chi connectivity index (χ3n) is 3.86. The van der Waals surface area contributed by atoms with E-state index in [1.54, 1.807) is 0 Å². The highest BCUT2D eigenvalue weighted by atomic mass is 79.9. The summed E-state index contributed by atoms with van der Waals surface area (Å²) in [5.41, 5.74) is 2.42. The van der Waals surface area contributed by atoms with Gasteiger partial charge in [0.15, 0.2) is 6.10 Å². The number of rotatable bonds is 6. The van der Waals surface area contributed by atoms with E-state index in [9.17, 15) is 9.90 Å². The Morgan fingerprint density at radius 1 is 1.38 bits per heavy atom. The molecule has 2 N–H and O–H groups in total. The molecule has 1 aliphatic rings. The Balaban J connectivity index is 2.30. The second-order valence-electron chi connectivity index (χ2n) is 5.78. The predicted molar refractivity (Wildman–Crippen MR) is 89.7 cm³/mol. The van der Waals surface area contributed by atoms with Gasteiger partial charge >= 0.3 is 0 Å². The van der Waals surface area contributed by atoms with E-state index < -0.39 is 6.10 Å². The lowest BCUT2D eigenvalue weighted by atomic mass is 10.1. The van der Waals surface area contributed by atoms with Crippen molar-refractivity contribution in [3.63, 3.8) is 0 Å². The molecule has 0 bridgehead atoms. The largest absolute Gasteiger partial charge is 0.378 e. The molecule has 0 fully saturated rings. The average Bonchev–Trinajstić information content (AvgIpc) is 2.70. The normalized spacial score (nSPS) is 17.0. The van der Waals surface area contributed by atoms with Crippen LogP contribution in [0, 0.1) is 0 Å². The van der Waals surface area contributed by atoms with Crippen LogP contribution in [0.15, 0.2) is 16.6 Å².